The molecule has 0 fully saturated rings. The molecule has 2 atom stereocenters. The maximum Gasteiger partial charge on any atom is 0.0945 e. The molecule has 0 amide bonds. The van der Waals surface area contributed by atoms with Crippen LogP contribution >= 0.6 is 0 Å². The molecule has 0 N–H and O–H groups in total. The van der Waals surface area contributed by atoms with Crippen LogP contribution in [0.4, 0.5) is 0 Å². The molecule has 92 valence electrons. The molecule has 0 bridgehead atoms. The molecule has 0 saturated carbocycles. The van der Waals surface area contributed by atoms with Crippen LogP contribution in [0.15, 0.2) is 36.9 Å². The minimum atomic E-state index is 0.782. The summed E-state index contributed by atoms with van der Waals surface area (Å²) in [5.41, 5.74) is 4.95. The van der Waals surface area contributed by atoms with Gasteiger partial charge in [-0.25, -0.2) is 4.98 Å². The number of aromatic nitrogens is 2. The van der Waals surface area contributed by atoms with Gasteiger partial charge in [0.25, 0.3) is 0 Å². The number of imidazole rings is 1. The highest BCUT2D eigenvalue weighted by Crippen LogP contribution is 2.44. The molecule has 4 rings (SSSR count). The van der Waals surface area contributed by atoms with E-state index in [9.17, 15) is 0 Å². The fraction of sp³-hybridized carbons (Fsp3) is 0.438. The summed E-state index contributed by atoms with van der Waals surface area (Å²) in [6.07, 6.45) is 11.2. The zero-order valence-corrected chi connectivity index (χ0v) is 10.5. The van der Waals surface area contributed by atoms with E-state index in [1.54, 1.807) is 16.7 Å². The highest BCUT2D eigenvalue weighted by Gasteiger charge is 2.32. The van der Waals surface area contributed by atoms with E-state index in [-0.39, 0.29) is 0 Å². The lowest BCUT2D eigenvalue weighted by Gasteiger charge is -2.29. The first-order chi connectivity index (χ1) is 8.90. The van der Waals surface area contributed by atoms with Crippen molar-refractivity contribution in [1.82, 2.24) is 9.55 Å². The van der Waals surface area contributed by atoms with Gasteiger partial charge in [-0.05, 0) is 54.2 Å². The summed E-state index contributed by atoms with van der Waals surface area (Å²) in [4.78, 5) is 4.14. The zero-order valence-electron chi connectivity index (χ0n) is 10.5. The summed E-state index contributed by atoms with van der Waals surface area (Å²) in [6, 6.07) is 6.92. The second kappa shape index (κ2) is 3.98. The predicted molar refractivity (Wildman–Crippen MR) is 71.5 cm³/mol. The van der Waals surface area contributed by atoms with Crippen molar-refractivity contribution in [3.8, 4) is 0 Å². The van der Waals surface area contributed by atoms with Crippen molar-refractivity contribution in [2.75, 3.05) is 0 Å². The summed E-state index contributed by atoms with van der Waals surface area (Å²) in [6.45, 7) is 1.13. The summed E-state index contributed by atoms with van der Waals surface area (Å²) in [5.74, 6) is 1.61. The molecule has 0 radical (unpaired) electrons. The second-order valence-corrected chi connectivity index (χ2v) is 5.79. The molecular weight excluding hydrogens is 220 g/mol. The molecule has 2 aliphatic carbocycles. The SMILES string of the molecule is c1cc2c3c(c1)C[C@@H](Cn1ccnc1)C[C@@H]3CC2. The maximum atomic E-state index is 4.14. The van der Waals surface area contributed by atoms with Crippen LogP contribution in [-0.2, 0) is 19.4 Å². The number of aryl methyl sites for hydroxylation is 1. The fourth-order valence-corrected chi connectivity index (χ4v) is 3.93. The van der Waals surface area contributed by atoms with E-state index in [1.165, 1.54) is 25.7 Å². The molecule has 0 saturated heterocycles. The number of nitrogens with zero attached hydrogens (tertiary/aromatic N) is 2. The van der Waals surface area contributed by atoms with E-state index < -0.39 is 0 Å². The average molecular weight is 238 g/mol. The third-order valence-corrected chi connectivity index (χ3v) is 4.61. The van der Waals surface area contributed by atoms with Gasteiger partial charge in [0, 0.05) is 18.9 Å². The molecule has 2 aliphatic rings. The molecule has 1 aromatic heterocycles. The van der Waals surface area contributed by atoms with Crippen molar-refractivity contribution >= 4 is 0 Å². The molecule has 1 aromatic carbocycles. The summed E-state index contributed by atoms with van der Waals surface area (Å²) < 4.78 is 2.23. The lowest BCUT2D eigenvalue weighted by atomic mass is 9.78. The third kappa shape index (κ3) is 1.59. The Hall–Kier alpha value is -1.57. The van der Waals surface area contributed by atoms with Crippen LogP contribution in [0.25, 0.3) is 0 Å². The van der Waals surface area contributed by atoms with Crippen LogP contribution in [0.1, 0.15) is 35.4 Å². The van der Waals surface area contributed by atoms with Gasteiger partial charge < -0.3 is 4.57 Å². The van der Waals surface area contributed by atoms with Gasteiger partial charge in [-0.3, -0.25) is 0 Å². The van der Waals surface area contributed by atoms with Crippen molar-refractivity contribution in [1.29, 1.82) is 0 Å². The normalized spacial score (nSPS) is 25.1. The summed E-state index contributed by atoms with van der Waals surface area (Å²) in [7, 11) is 0. The van der Waals surface area contributed by atoms with Gasteiger partial charge in [0.15, 0.2) is 0 Å². The Morgan fingerprint density at radius 2 is 2.22 bits per heavy atom. The standard InChI is InChI=1S/C16H18N2/c1-2-13-4-5-15-9-12(8-14(3-1)16(13)15)10-18-7-6-17-11-18/h1-3,6-7,11-12,15H,4-5,8-10H2/t12-,15+/m1/s1. The highest BCUT2D eigenvalue weighted by molar-refractivity contribution is 5.43. The van der Waals surface area contributed by atoms with Crippen molar-refractivity contribution in [3.63, 3.8) is 0 Å². The third-order valence-electron chi connectivity index (χ3n) is 4.61. The number of hydrogen-bond acceptors (Lipinski definition) is 1. The van der Waals surface area contributed by atoms with E-state index >= 15 is 0 Å². The van der Waals surface area contributed by atoms with Gasteiger partial charge in [0.05, 0.1) is 6.33 Å². The summed E-state index contributed by atoms with van der Waals surface area (Å²) in [5, 5.41) is 0. The van der Waals surface area contributed by atoms with Gasteiger partial charge in [0.2, 0.25) is 0 Å². The highest BCUT2D eigenvalue weighted by atomic mass is 15.0. The molecule has 2 aromatic rings. The van der Waals surface area contributed by atoms with E-state index in [0.29, 0.717) is 0 Å². The smallest absolute Gasteiger partial charge is 0.0945 e. The van der Waals surface area contributed by atoms with Crippen LogP contribution in [-0.4, -0.2) is 9.55 Å². The molecule has 0 spiro atoms. The van der Waals surface area contributed by atoms with Crippen molar-refractivity contribution in [3.05, 3.63) is 53.6 Å². The van der Waals surface area contributed by atoms with Crippen LogP contribution in [0.5, 0.6) is 0 Å². The number of hydrogen-bond donors (Lipinski definition) is 0. The Labute approximate surface area is 108 Å². The largest absolute Gasteiger partial charge is 0.337 e. The Morgan fingerprint density at radius 1 is 1.28 bits per heavy atom. The summed E-state index contributed by atoms with van der Waals surface area (Å²) >= 11 is 0. The monoisotopic (exact) mass is 238 g/mol. The Bertz CT molecular complexity index is 556. The fourth-order valence-electron chi connectivity index (χ4n) is 3.93. The van der Waals surface area contributed by atoms with Crippen LogP contribution < -0.4 is 0 Å². The average Bonchev–Trinajstić information content (AvgIpc) is 3.01. The molecule has 2 nitrogen and oxygen atoms in total. The van der Waals surface area contributed by atoms with Gasteiger partial charge >= 0.3 is 0 Å². The molecule has 0 aliphatic heterocycles. The second-order valence-electron chi connectivity index (χ2n) is 5.79. The van der Waals surface area contributed by atoms with E-state index in [0.717, 1.165) is 18.4 Å². The predicted octanol–water partition coefficient (Wildman–Crippen LogP) is 3.18. The maximum absolute atomic E-state index is 4.14. The van der Waals surface area contributed by atoms with Gasteiger partial charge in [-0.2, -0.15) is 0 Å². The molecule has 2 heteroatoms. The van der Waals surface area contributed by atoms with Crippen LogP contribution in [0, 0.1) is 5.92 Å². The van der Waals surface area contributed by atoms with Crippen molar-refractivity contribution in [2.24, 2.45) is 5.92 Å². The molecule has 0 unspecified atom stereocenters. The van der Waals surface area contributed by atoms with Gasteiger partial charge in [-0.15, -0.1) is 0 Å². The Morgan fingerprint density at radius 3 is 3.11 bits per heavy atom. The minimum absolute atomic E-state index is 0.782. The molecule has 1 heterocycles. The van der Waals surface area contributed by atoms with E-state index in [1.807, 2.05) is 12.5 Å². The topological polar surface area (TPSA) is 17.8 Å². The van der Waals surface area contributed by atoms with Crippen LogP contribution in [0.2, 0.25) is 0 Å². The van der Waals surface area contributed by atoms with Crippen LogP contribution in [0.3, 0.4) is 0 Å². The first kappa shape index (κ1) is 10.4. The zero-order chi connectivity index (χ0) is 11.9. The lowest BCUT2D eigenvalue weighted by Crippen LogP contribution is -2.21. The molecular formula is C16H18N2. The van der Waals surface area contributed by atoms with Gasteiger partial charge in [-0.1, -0.05) is 18.2 Å². The van der Waals surface area contributed by atoms with E-state index in [4.69, 9.17) is 0 Å². The van der Waals surface area contributed by atoms with Crippen molar-refractivity contribution in [2.45, 2.75) is 38.1 Å². The lowest BCUT2D eigenvalue weighted by molar-refractivity contribution is 0.356. The Balaban J connectivity index is 1.62. The number of benzene rings is 1. The first-order valence-electron chi connectivity index (χ1n) is 6.96. The number of rotatable bonds is 2. The van der Waals surface area contributed by atoms with E-state index in [2.05, 4.69) is 33.9 Å². The molecule has 18 heavy (non-hydrogen) atoms. The minimum Gasteiger partial charge on any atom is -0.337 e. The Kier molecular flexibility index (Phi) is 2.29. The van der Waals surface area contributed by atoms with Gasteiger partial charge in [0.1, 0.15) is 0 Å². The van der Waals surface area contributed by atoms with Crippen molar-refractivity contribution < 1.29 is 0 Å². The quantitative estimate of drug-likeness (QED) is 0.785. The first-order valence-corrected chi connectivity index (χ1v) is 6.96.